The maximum Gasteiger partial charge on any atom is 0.248 e. The first kappa shape index (κ1) is 14.4. The summed E-state index contributed by atoms with van der Waals surface area (Å²) >= 11 is 0. The number of methoxy groups -OCH3 is 2. The van der Waals surface area contributed by atoms with Gasteiger partial charge in [-0.05, 0) is 24.6 Å². The molecule has 0 unspecified atom stereocenters. The minimum absolute atomic E-state index is 0.0342. The third-order valence-corrected chi connectivity index (χ3v) is 2.59. The molecule has 0 fully saturated rings. The molecule has 0 saturated heterocycles. The van der Waals surface area contributed by atoms with Crippen molar-refractivity contribution >= 4 is 5.91 Å². The summed E-state index contributed by atoms with van der Waals surface area (Å²) in [5.41, 5.74) is 0.722. The Bertz CT molecular complexity index is 409. The molecule has 5 heteroatoms. The lowest BCUT2D eigenvalue weighted by atomic mass is 10.2. The van der Waals surface area contributed by atoms with Gasteiger partial charge in [0.1, 0.15) is 6.61 Å². The van der Waals surface area contributed by atoms with Crippen molar-refractivity contribution in [2.45, 2.75) is 13.5 Å². The van der Waals surface area contributed by atoms with Gasteiger partial charge in [0.15, 0.2) is 11.6 Å². The van der Waals surface area contributed by atoms with Crippen molar-refractivity contribution in [3.63, 3.8) is 0 Å². The first-order chi connectivity index (χ1) is 8.62. The second kappa shape index (κ2) is 6.96. The maximum absolute atomic E-state index is 13.5. The molecule has 0 N–H and O–H groups in total. The van der Waals surface area contributed by atoms with Crippen LogP contribution in [0.5, 0.6) is 5.75 Å². The van der Waals surface area contributed by atoms with E-state index in [9.17, 15) is 9.18 Å². The summed E-state index contributed by atoms with van der Waals surface area (Å²) < 4.78 is 23.1. The third-order valence-electron chi connectivity index (χ3n) is 2.59. The van der Waals surface area contributed by atoms with E-state index in [4.69, 9.17) is 9.47 Å². The fraction of sp³-hybridized carbons (Fsp3) is 0.462. The van der Waals surface area contributed by atoms with Crippen molar-refractivity contribution in [1.82, 2.24) is 4.90 Å². The van der Waals surface area contributed by atoms with Gasteiger partial charge in [-0.15, -0.1) is 0 Å². The molecule has 0 aliphatic heterocycles. The minimum Gasteiger partial charge on any atom is -0.494 e. The Morgan fingerprint density at radius 3 is 2.61 bits per heavy atom. The van der Waals surface area contributed by atoms with E-state index < -0.39 is 5.82 Å². The van der Waals surface area contributed by atoms with Gasteiger partial charge in [0.05, 0.1) is 7.11 Å². The Morgan fingerprint density at radius 1 is 1.39 bits per heavy atom. The van der Waals surface area contributed by atoms with Gasteiger partial charge in [-0.1, -0.05) is 6.07 Å². The van der Waals surface area contributed by atoms with Gasteiger partial charge in [-0.25, -0.2) is 4.39 Å². The lowest BCUT2D eigenvalue weighted by Crippen LogP contribution is -2.33. The zero-order chi connectivity index (χ0) is 13.5. The SMILES string of the molecule is CCN(Cc1ccc(OC)c(F)c1)C(=O)COC. The average Bonchev–Trinajstić information content (AvgIpc) is 2.36. The molecule has 100 valence electrons. The Balaban J connectivity index is 2.76. The fourth-order valence-electron chi connectivity index (χ4n) is 1.62. The number of rotatable bonds is 6. The molecule has 1 aromatic carbocycles. The highest BCUT2D eigenvalue weighted by molar-refractivity contribution is 5.77. The molecule has 0 spiro atoms. The number of benzene rings is 1. The molecular weight excluding hydrogens is 237 g/mol. The lowest BCUT2D eigenvalue weighted by Gasteiger charge is -2.20. The van der Waals surface area contributed by atoms with Crippen molar-refractivity contribution in [2.75, 3.05) is 27.4 Å². The van der Waals surface area contributed by atoms with E-state index in [0.29, 0.717) is 13.1 Å². The number of carbonyl (C=O) groups excluding carboxylic acids is 1. The summed E-state index contributed by atoms with van der Waals surface area (Å²) in [6, 6.07) is 4.67. The van der Waals surface area contributed by atoms with Gasteiger partial charge in [-0.3, -0.25) is 4.79 Å². The second-order valence-corrected chi connectivity index (χ2v) is 3.81. The van der Waals surface area contributed by atoms with Crippen LogP contribution in [0.2, 0.25) is 0 Å². The first-order valence-corrected chi connectivity index (χ1v) is 5.71. The quantitative estimate of drug-likeness (QED) is 0.778. The molecule has 0 saturated carbocycles. The zero-order valence-electron chi connectivity index (χ0n) is 10.9. The van der Waals surface area contributed by atoms with Crippen LogP contribution in [0.1, 0.15) is 12.5 Å². The van der Waals surface area contributed by atoms with Crippen molar-refractivity contribution in [3.8, 4) is 5.75 Å². The number of nitrogens with zero attached hydrogens (tertiary/aromatic N) is 1. The summed E-state index contributed by atoms with van der Waals surface area (Å²) in [7, 11) is 2.89. The van der Waals surface area contributed by atoms with Crippen LogP contribution in [0, 0.1) is 5.82 Å². The number of halogens is 1. The summed E-state index contributed by atoms with van der Waals surface area (Å²) in [4.78, 5) is 13.3. The molecular formula is C13H18FNO3. The van der Waals surface area contributed by atoms with Crippen LogP contribution < -0.4 is 4.74 Å². The Morgan fingerprint density at radius 2 is 2.11 bits per heavy atom. The second-order valence-electron chi connectivity index (χ2n) is 3.81. The Hall–Kier alpha value is -1.62. The Kier molecular flexibility index (Phi) is 5.58. The largest absolute Gasteiger partial charge is 0.494 e. The monoisotopic (exact) mass is 255 g/mol. The molecule has 0 bridgehead atoms. The van der Waals surface area contributed by atoms with Crippen LogP contribution in [-0.4, -0.2) is 38.2 Å². The van der Waals surface area contributed by atoms with Gasteiger partial charge in [0, 0.05) is 20.2 Å². The average molecular weight is 255 g/mol. The maximum atomic E-state index is 13.5. The lowest BCUT2D eigenvalue weighted by molar-refractivity contribution is -0.135. The molecule has 18 heavy (non-hydrogen) atoms. The van der Waals surface area contributed by atoms with Gasteiger partial charge in [-0.2, -0.15) is 0 Å². The van der Waals surface area contributed by atoms with E-state index in [1.165, 1.54) is 20.3 Å². The molecule has 0 aliphatic carbocycles. The van der Waals surface area contributed by atoms with Crippen LogP contribution in [0.25, 0.3) is 0 Å². The minimum atomic E-state index is -0.426. The fourth-order valence-corrected chi connectivity index (χ4v) is 1.62. The first-order valence-electron chi connectivity index (χ1n) is 5.71. The van der Waals surface area contributed by atoms with Crippen molar-refractivity contribution in [1.29, 1.82) is 0 Å². The van der Waals surface area contributed by atoms with Crippen molar-refractivity contribution in [2.24, 2.45) is 0 Å². The van der Waals surface area contributed by atoms with Crippen molar-refractivity contribution < 1.29 is 18.7 Å². The van der Waals surface area contributed by atoms with E-state index in [1.807, 2.05) is 6.92 Å². The van der Waals surface area contributed by atoms with Gasteiger partial charge in [0.25, 0.3) is 0 Å². The van der Waals surface area contributed by atoms with Gasteiger partial charge in [0.2, 0.25) is 5.91 Å². The standard InChI is InChI=1S/C13H18FNO3/c1-4-15(13(16)9-17-2)8-10-5-6-12(18-3)11(14)7-10/h5-7H,4,8-9H2,1-3H3. The highest BCUT2D eigenvalue weighted by Gasteiger charge is 2.12. The normalized spacial score (nSPS) is 10.2. The van der Waals surface area contributed by atoms with Crippen LogP contribution in [0.4, 0.5) is 4.39 Å². The molecule has 0 atom stereocenters. The summed E-state index contributed by atoms with van der Waals surface area (Å²) in [5.74, 6) is -0.341. The van der Waals surface area contributed by atoms with E-state index in [0.717, 1.165) is 5.56 Å². The number of carbonyl (C=O) groups is 1. The smallest absolute Gasteiger partial charge is 0.248 e. The molecule has 0 heterocycles. The van der Waals surface area contributed by atoms with E-state index in [1.54, 1.807) is 17.0 Å². The van der Waals surface area contributed by atoms with Crippen LogP contribution >= 0.6 is 0 Å². The number of likely N-dealkylation sites (N-methyl/N-ethyl adjacent to an activating group) is 1. The van der Waals surface area contributed by atoms with Crippen LogP contribution in [-0.2, 0) is 16.1 Å². The molecule has 0 radical (unpaired) electrons. The van der Waals surface area contributed by atoms with Crippen molar-refractivity contribution in [3.05, 3.63) is 29.6 Å². The summed E-state index contributed by atoms with van der Waals surface area (Å²) in [6.07, 6.45) is 0. The van der Waals surface area contributed by atoms with E-state index in [2.05, 4.69) is 0 Å². The highest BCUT2D eigenvalue weighted by atomic mass is 19.1. The number of ether oxygens (including phenoxy) is 2. The number of hydrogen-bond acceptors (Lipinski definition) is 3. The summed E-state index contributed by atoms with van der Waals surface area (Å²) in [5, 5.41) is 0. The molecule has 1 amide bonds. The molecule has 0 aliphatic rings. The van der Waals surface area contributed by atoms with E-state index >= 15 is 0 Å². The van der Waals surface area contributed by atoms with Gasteiger partial charge >= 0.3 is 0 Å². The Labute approximate surface area is 106 Å². The molecule has 1 rings (SSSR count). The highest BCUT2D eigenvalue weighted by Crippen LogP contribution is 2.18. The topological polar surface area (TPSA) is 38.8 Å². The molecule has 4 nitrogen and oxygen atoms in total. The predicted molar refractivity (Wildman–Crippen MR) is 65.9 cm³/mol. The molecule has 0 aromatic heterocycles. The predicted octanol–water partition coefficient (Wildman–Crippen LogP) is 1.83. The van der Waals surface area contributed by atoms with Crippen LogP contribution in [0.15, 0.2) is 18.2 Å². The number of amides is 1. The molecule has 1 aromatic rings. The summed E-state index contributed by atoms with van der Waals surface area (Å²) in [6.45, 7) is 2.81. The van der Waals surface area contributed by atoms with E-state index in [-0.39, 0.29) is 18.3 Å². The zero-order valence-corrected chi connectivity index (χ0v) is 10.9. The number of hydrogen-bond donors (Lipinski definition) is 0. The van der Waals surface area contributed by atoms with Gasteiger partial charge < -0.3 is 14.4 Å². The van der Waals surface area contributed by atoms with Crippen LogP contribution in [0.3, 0.4) is 0 Å². The third kappa shape index (κ3) is 3.70.